The van der Waals surface area contributed by atoms with Crippen LogP contribution in [0.2, 0.25) is 0 Å². The SMILES string of the molecule is Brc1ccccc1-c1nc2cc(-n3cnnc3)ccc2o1. The van der Waals surface area contributed by atoms with E-state index < -0.39 is 0 Å². The smallest absolute Gasteiger partial charge is 0.228 e. The molecule has 0 aliphatic carbocycles. The summed E-state index contributed by atoms with van der Waals surface area (Å²) in [5.74, 6) is 0.596. The molecule has 2 heterocycles. The molecular weight excluding hydrogens is 332 g/mol. The van der Waals surface area contributed by atoms with E-state index >= 15 is 0 Å². The Balaban J connectivity index is 1.85. The van der Waals surface area contributed by atoms with E-state index in [1.807, 2.05) is 47.0 Å². The van der Waals surface area contributed by atoms with Gasteiger partial charge in [0.05, 0.1) is 11.3 Å². The molecule has 0 aliphatic heterocycles. The van der Waals surface area contributed by atoms with E-state index in [4.69, 9.17) is 4.42 Å². The molecule has 0 atom stereocenters. The summed E-state index contributed by atoms with van der Waals surface area (Å²) in [4.78, 5) is 4.56. The molecule has 6 heteroatoms. The standard InChI is InChI=1S/C15H9BrN4O/c16-12-4-2-1-3-11(12)15-19-13-7-10(5-6-14(13)21-15)20-8-17-18-9-20/h1-9H. The van der Waals surface area contributed by atoms with E-state index in [0.717, 1.165) is 26.8 Å². The third-order valence-corrected chi connectivity index (χ3v) is 3.88. The minimum absolute atomic E-state index is 0.596. The Bertz CT molecular complexity index is 914. The molecule has 0 unspecified atom stereocenters. The average molecular weight is 341 g/mol. The van der Waals surface area contributed by atoms with Gasteiger partial charge >= 0.3 is 0 Å². The molecule has 102 valence electrons. The van der Waals surface area contributed by atoms with Crippen LogP contribution in [0.25, 0.3) is 28.2 Å². The van der Waals surface area contributed by atoms with E-state index in [-0.39, 0.29) is 0 Å². The van der Waals surface area contributed by atoms with Crippen LogP contribution in [-0.4, -0.2) is 19.7 Å². The minimum atomic E-state index is 0.596. The number of halogens is 1. The van der Waals surface area contributed by atoms with Gasteiger partial charge in [0.1, 0.15) is 18.2 Å². The topological polar surface area (TPSA) is 56.7 Å². The zero-order chi connectivity index (χ0) is 14.2. The van der Waals surface area contributed by atoms with Crippen molar-refractivity contribution in [2.75, 3.05) is 0 Å². The van der Waals surface area contributed by atoms with Crippen molar-refractivity contribution in [1.29, 1.82) is 0 Å². The highest BCUT2D eigenvalue weighted by atomic mass is 79.9. The van der Waals surface area contributed by atoms with Gasteiger partial charge in [-0.1, -0.05) is 12.1 Å². The fraction of sp³-hybridized carbons (Fsp3) is 0. The molecule has 0 N–H and O–H groups in total. The van der Waals surface area contributed by atoms with Crippen molar-refractivity contribution in [3.05, 3.63) is 59.6 Å². The van der Waals surface area contributed by atoms with E-state index in [2.05, 4.69) is 31.1 Å². The Labute approximate surface area is 128 Å². The van der Waals surface area contributed by atoms with Gasteiger partial charge in [0.2, 0.25) is 5.89 Å². The number of nitrogens with zero attached hydrogens (tertiary/aromatic N) is 4. The largest absolute Gasteiger partial charge is 0.436 e. The van der Waals surface area contributed by atoms with Gasteiger partial charge in [-0.05, 0) is 46.3 Å². The van der Waals surface area contributed by atoms with Gasteiger partial charge in [-0.2, -0.15) is 0 Å². The van der Waals surface area contributed by atoms with Crippen molar-refractivity contribution >= 4 is 27.0 Å². The quantitative estimate of drug-likeness (QED) is 0.556. The number of fused-ring (bicyclic) bond motifs is 1. The lowest BCUT2D eigenvalue weighted by molar-refractivity contribution is 0.619. The van der Waals surface area contributed by atoms with Crippen molar-refractivity contribution in [3.63, 3.8) is 0 Å². The maximum Gasteiger partial charge on any atom is 0.228 e. The van der Waals surface area contributed by atoms with Crippen molar-refractivity contribution < 1.29 is 4.42 Å². The minimum Gasteiger partial charge on any atom is -0.436 e. The number of aromatic nitrogens is 4. The molecule has 0 saturated heterocycles. The van der Waals surface area contributed by atoms with Crippen LogP contribution in [-0.2, 0) is 0 Å². The van der Waals surface area contributed by atoms with Crippen LogP contribution in [0.1, 0.15) is 0 Å². The van der Waals surface area contributed by atoms with Crippen LogP contribution in [0.4, 0.5) is 0 Å². The monoisotopic (exact) mass is 340 g/mol. The van der Waals surface area contributed by atoms with E-state index in [1.165, 1.54) is 0 Å². The Kier molecular flexibility index (Phi) is 2.82. The first-order chi connectivity index (χ1) is 10.3. The predicted molar refractivity (Wildman–Crippen MR) is 82.1 cm³/mol. The molecule has 0 bridgehead atoms. The zero-order valence-electron chi connectivity index (χ0n) is 10.8. The maximum atomic E-state index is 5.83. The fourth-order valence-electron chi connectivity index (χ4n) is 2.16. The highest BCUT2D eigenvalue weighted by Gasteiger charge is 2.11. The molecule has 4 aromatic rings. The summed E-state index contributed by atoms with van der Waals surface area (Å²) in [7, 11) is 0. The summed E-state index contributed by atoms with van der Waals surface area (Å²) < 4.78 is 8.61. The summed E-state index contributed by atoms with van der Waals surface area (Å²) in [6.45, 7) is 0. The summed E-state index contributed by atoms with van der Waals surface area (Å²) in [5.41, 5.74) is 3.42. The van der Waals surface area contributed by atoms with Gasteiger partial charge in [-0.15, -0.1) is 10.2 Å². The maximum absolute atomic E-state index is 5.83. The third kappa shape index (κ3) is 2.13. The molecule has 2 aromatic carbocycles. The van der Waals surface area contributed by atoms with Crippen LogP contribution in [0.3, 0.4) is 0 Å². The van der Waals surface area contributed by atoms with Crippen molar-refractivity contribution in [2.24, 2.45) is 0 Å². The molecule has 0 aliphatic rings. The Morgan fingerprint density at radius 2 is 1.81 bits per heavy atom. The zero-order valence-corrected chi connectivity index (χ0v) is 12.4. The van der Waals surface area contributed by atoms with E-state index in [1.54, 1.807) is 12.7 Å². The lowest BCUT2D eigenvalue weighted by Crippen LogP contribution is -1.88. The lowest BCUT2D eigenvalue weighted by Gasteiger charge is -1.98. The summed E-state index contributed by atoms with van der Waals surface area (Å²) in [6, 6.07) is 13.6. The molecule has 2 aromatic heterocycles. The van der Waals surface area contributed by atoms with Gasteiger partial charge in [-0.3, -0.25) is 4.57 Å². The molecule has 4 rings (SSSR count). The molecule has 21 heavy (non-hydrogen) atoms. The van der Waals surface area contributed by atoms with Crippen molar-refractivity contribution in [2.45, 2.75) is 0 Å². The first kappa shape index (κ1) is 12.3. The van der Waals surface area contributed by atoms with Crippen LogP contribution >= 0.6 is 15.9 Å². The Morgan fingerprint density at radius 1 is 1.00 bits per heavy atom. The molecule has 5 nitrogen and oxygen atoms in total. The van der Waals surface area contributed by atoms with Crippen molar-refractivity contribution in [3.8, 4) is 17.1 Å². The van der Waals surface area contributed by atoms with Crippen molar-refractivity contribution in [1.82, 2.24) is 19.7 Å². The number of rotatable bonds is 2. The normalized spacial score (nSPS) is 11.1. The second-order valence-electron chi connectivity index (χ2n) is 4.52. The van der Waals surface area contributed by atoms with Crippen LogP contribution in [0.15, 0.2) is 64.0 Å². The summed E-state index contributed by atoms with van der Waals surface area (Å²) in [6.07, 6.45) is 3.30. The van der Waals surface area contributed by atoms with Gasteiger partial charge in [0.15, 0.2) is 5.58 Å². The van der Waals surface area contributed by atoms with Crippen LogP contribution in [0, 0.1) is 0 Å². The van der Waals surface area contributed by atoms with Gasteiger partial charge in [-0.25, -0.2) is 4.98 Å². The molecule has 0 radical (unpaired) electrons. The van der Waals surface area contributed by atoms with Gasteiger partial charge in [0.25, 0.3) is 0 Å². The average Bonchev–Trinajstić information content (AvgIpc) is 3.16. The Hall–Kier alpha value is -2.47. The number of benzene rings is 2. The highest BCUT2D eigenvalue weighted by Crippen LogP contribution is 2.30. The van der Waals surface area contributed by atoms with Crippen LogP contribution in [0.5, 0.6) is 0 Å². The first-order valence-corrected chi connectivity index (χ1v) is 7.11. The predicted octanol–water partition coefficient (Wildman–Crippen LogP) is 3.84. The first-order valence-electron chi connectivity index (χ1n) is 6.32. The third-order valence-electron chi connectivity index (χ3n) is 3.19. The van der Waals surface area contributed by atoms with Gasteiger partial charge < -0.3 is 4.42 Å². The van der Waals surface area contributed by atoms with Gasteiger partial charge in [0, 0.05) is 4.47 Å². The van der Waals surface area contributed by atoms with Crippen LogP contribution < -0.4 is 0 Å². The molecule has 0 fully saturated rings. The summed E-state index contributed by atoms with van der Waals surface area (Å²) >= 11 is 3.52. The number of hydrogen-bond acceptors (Lipinski definition) is 4. The van der Waals surface area contributed by atoms with E-state index in [9.17, 15) is 0 Å². The lowest BCUT2D eigenvalue weighted by atomic mass is 10.2. The Morgan fingerprint density at radius 3 is 2.62 bits per heavy atom. The molecular formula is C15H9BrN4O. The fourth-order valence-corrected chi connectivity index (χ4v) is 2.61. The highest BCUT2D eigenvalue weighted by molar-refractivity contribution is 9.10. The second kappa shape index (κ2) is 4.82. The van der Waals surface area contributed by atoms with E-state index in [0.29, 0.717) is 5.89 Å². The molecule has 0 saturated carbocycles. The molecule has 0 amide bonds. The molecule has 0 spiro atoms. The number of oxazole rings is 1. The second-order valence-corrected chi connectivity index (χ2v) is 5.37. The number of hydrogen-bond donors (Lipinski definition) is 0. The summed E-state index contributed by atoms with van der Waals surface area (Å²) in [5, 5.41) is 7.61.